The van der Waals surface area contributed by atoms with Gasteiger partial charge in [-0.05, 0) is 52.3 Å². The highest BCUT2D eigenvalue weighted by molar-refractivity contribution is 9.10. The van der Waals surface area contributed by atoms with Crippen LogP contribution in [0.3, 0.4) is 0 Å². The average molecular weight is 405 g/mol. The lowest BCUT2D eigenvalue weighted by atomic mass is 10.2. The van der Waals surface area contributed by atoms with E-state index in [0.29, 0.717) is 0 Å². The van der Waals surface area contributed by atoms with Gasteiger partial charge < -0.3 is 10.1 Å². The molecule has 0 atom stereocenters. The zero-order chi connectivity index (χ0) is 17.0. The number of benzene rings is 2. The summed E-state index contributed by atoms with van der Waals surface area (Å²) in [6, 6.07) is 7.09. The molecule has 2 aromatic rings. The zero-order valence-corrected chi connectivity index (χ0v) is 13.7. The van der Waals surface area contributed by atoms with Crippen molar-refractivity contribution in [1.82, 2.24) is 0 Å². The zero-order valence-electron chi connectivity index (χ0n) is 11.4. The lowest BCUT2D eigenvalue weighted by Crippen LogP contribution is -2.21. The fraction of sp³-hybridized carbons (Fsp3) is 0.0667. The van der Waals surface area contributed by atoms with E-state index >= 15 is 0 Å². The predicted molar refractivity (Wildman–Crippen MR) is 84.4 cm³/mol. The molecule has 1 N–H and O–H groups in total. The van der Waals surface area contributed by atoms with Gasteiger partial charge >= 0.3 is 5.97 Å². The van der Waals surface area contributed by atoms with Crippen molar-refractivity contribution in [1.29, 1.82) is 0 Å². The number of esters is 1. The Morgan fingerprint density at radius 1 is 1.17 bits per heavy atom. The molecule has 0 heterocycles. The van der Waals surface area contributed by atoms with Crippen LogP contribution in [0.5, 0.6) is 0 Å². The van der Waals surface area contributed by atoms with Crippen LogP contribution in [0.1, 0.15) is 10.4 Å². The summed E-state index contributed by atoms with van der Waals surface area (Å²) >= 11 is 8.62. The van der Waals surface area contributed by atoms with Crippen molar-refractivity contribution >= 4 is 45.1 Å². The molecule has 0 aromatic heterocycles. The van der Waals surface area contributed by atoms with Crippen LogP contribution in [0.15, 0.2) is 40.9 Å². The van der Waals surface area contributed by atoms with Gasteiger partial charge in [-0.3, -0.25) is 4.79 Å². The van der Waals surface area contributed by atoms with Crippen LogP contribution in [0.25, 0.3) is 0 Å². The first-order valence-electron chi connectivity index (χ1n) is 6.24. The molecule has 0 saturated heterocycles. The Hall–Kier alpha value is -1.99. The highest BCUT2D eigenvalue weighted by atomic mass is 79.9. The summed E-state index contributed by atoms with van der Waals surface area (Å²) < 4.78 is 31.0. The first-order valence-corrected chi connectivity index (χ1v) is 7.41. The maximum Gasteiger partial charge on any atom is 0.339 e. The largest absolute Gasteiger partial charge is 0.452 e. The quantitative estimate of drug-likeness (QED) is 0.778. The van der Waals surface area contributed by atoms with Crippen molar-refractivity contribution in [2.45, 2.75) is 0 Å². The minimum Gasteiger partial charge on any atom is -0.452 e. The van der Waals surface area contributed by atoms with Crippen molar-refractivity contribution in [2.75, 3.05) is 11.9 Å². The summed E-state index contributed by atoms with van der Waals surface area (Å²) in [5, 5.41) is 2.26. The highest BCUT2D eigenvalue weighted by Gasteiger charge is 2.14. The smallest absolute Gasteiger partial charge is 0.339 e. The van der Waals surface area contributed by atoms with Crippen LogP contribution >= 0.6 is 27.5 Å². The first kappa shape index (κ1) is 17.4. The van der Waals surface area contributed by atoms with Gasteiger partial charge in [0.2, 0.25) is 0 Å². The number of anilines is 1. The van der Waals surface area contributed by atoms with E-state index in [2.05, 4.69) is 21.2 Å². The van der Waals surface area contributed by atoms with E-state index < -0.39 is 30.1 Å². The number of rotatable bonds is 4. The van der Waals surface area contributed by atoms with E-state index in [0.717, 1.165) is 18.2 Å². The standard InChI is InChI=1S/C15H9BrClF2NO3/c16-11-5-8(18)1-3-10(11)15(22)23-7-14(21)20-9-2-4-13(19)12(17)6-9/h1-6H,7H2,(H,20,21). The Morgan fingerprint density at radius 3 is 2.57 bits per heavy atom. The molecular weight excluding hydrogens is 396 g/mol. The molecule has 0 radical (unpaired) electrons. The van der Waals surface area contributed by atoms with Crippen LogP contribution in [0.2, 0.25) is 5.02 Å². The number of nitrogens with one attached hydrogen (secondary N) is 1. The second-order valence-electron chi connectivity index (χ2n) is 4.38. The minimum atomic E-state index is -0.788. The second kappa shape index (κ2) is 7.52. The molecule has 0 aliphatic heterocycles. The van der Waals surface area contributed by atoms with Gasteiger partial charge in [-0.25, -0.2) is 13.6 Å². The molecule has 23 heavy (non-hydrogen) atoms. The van der Waals surface area contributed by atoms with Crippen molar-refractivity contribution in [3.63, 3.8) is 0 Å². The summed E-state index contributed by atoms with van der Waals surface area (Å²) in [6.07, 6.45) is 0. The molecule has 0 spiro atoms. The van der Waals surface area contributed by atoms with E-state index in [4.69, 9.17) is 16.3 Å². The lowest BCUT2D eigenvalue weighted by Gasteiger charge is -2.08. The van der Waals surface area contributed by atoms with Gasteiger partial charge in [0.05, 0.1) is 10.6 Å². The summed E-state index contributed by atoms with van der Waals surface area (Å²) in [6.45, 7) is -0.558. The van der Waals surface area contributed by atoms with Crippen molar-refractivity contribution in [2.24, 2.45) is 0 Å². The molecule has 2 aromatic carbocycles. The Bertz CT molecular complexity index is 770. The summed E-state index contributed by atoms with van der Waals surface area (Å²) in [7, 11) is 0. The van der Waals surface area contributed by atoms with Gasteiger partial charge in [-0.1, -0.05) is 11.6 Å². The molecule has 0 fully saturated rings. The Morgan fingerprint density at radius 2 is 1.91 bits per heavy atom. The van der Waals surface area contributed by atoms with Crippen LogP contribution in [0, 0.1) is 11.6 Å². The molecule has 0 aliphatic carbocycles. The molecule has 8 heteroatoms. The molecule has 0 saturated carbocycles. The van der Waals surface area contributed by atoms with Gasteiger partial charge in [0.25, 0.3) is 5.91 Å². The molecule has 0 bridgehead atoms. The van der Waals surface area contributed by atoms with E-state index in [1.54, 1.807) is 0 Å². The monoisotopic (exact) mass is 403 g/mol. The number of halogens is 4. The Labute approximate surface area is 143 Å². The Kier molecular flexibility index (Phi) is 5.68. The second-order valence-corrected chi connectivity index (χ2v) is 5.64. The number of hydrogen-bond donors (Lipinski definition) is 1. The molecule has 1 amide bonds. The minimum absolute atomic E-state index is 0.0871. The topological polar surface area (TPSA) is 55.4 Å². The summed E-state index contributed by atoms with van der Waals surface area (Å²) in [5.41, 5.74) is 0.351. The normalized spacial score (nSPS) is 10.3. The number of amides is 1. The predicted octanol–water partition coefficient (Wildman–Crippen LogP) is 4.18. The fourth-order valence-electron chi connectivity index (χ4n) is 1.63. The van der Waals surface area contributed by atoms with Crippen LogP contribution < -0.4 is 5.32 Å². The molecule has 0 unspecified atom stereocenters. The Balaban J connectivity index is 1.93. The van der Waals surface area contributed by atoms with E-state index in [9.17, 15) is 18.4 Å². The van der Waals surface area contributed by atoms with Crippen molar-refractivity contribution < 1.29 is 23.1 Å². The van der Waals surface area contributed by atoms with Gasteiger partial charge in [0.15, 0.2) is 6.61 Å². The maximum atomic E-state index is 13.0. The maximum absolute atomic E-state index is 13.0. The van der Waals surface area contributed by atoms with Crippen LogP contribution in [-0.2, 0) is 9.53 Å². The van der Waals surface area contributed by atoms with Gasteiger partial charge in [0, 0.05) is 10.2 Å². The van der Waals surface area contributed by atoms with Gasteiger partial charge in [-0.15, -0.1) is 0 Å². The van der Waals surface area contributed by atoms with E-state index in [1.165, 1.54) is 18.2 Å². The highest BCUT2D eigenvalue weighted by Crippen LogP contribution is 2.20. The third-order valence-electron chi connectivity index (χ3n) is 2.69. The first-order chi connectivity index (χ1) is 10.9. The van der Waals surface area contributed by atoms with Crippen LogP contribution in [-0.4, -0.2) is 18.5 Å². The van der Waals surface area contributed by atoms with Gasteiger partial charge in [-0.2, -0.15) is 0 Å². The third kappa shape index (κ3) is 4.74. The third-order valence-corrected chi connectivity index (χ3v) is 3.63. The molecular formula is C15H9BrClF2NO3. The van der Waals surface area contributed by atoms with Gasteiger partial charge in [0.1, 0.15) is 11.6 Å². The SMILES string of the molecule is O=C(COC(=O)c1ccc(F)cc1Br)Nc1ccc(F)c(Cl)c1. The summed E-state index contributed by atoms with van der Waals surface area (Å²) in [4.78, 5) is 23.5. The molecule has 0 aliphatic rings. The number of hydrogen-bond acceptors (Lipinski definition) is 3. The number of ether oxygens (including phenoxy) is 1. The fourth-order valence-corrected chi connectivity index (χ4v) is 2.33. The molecule has 4 nitrogen and oxygen atoms in total. The van der Waals surface area contributed by atoms with Crippen molar-refractivity contribution in [3.8, 4) is 0 Å². The number of carbonyl (C=O) groups is 2. The van der Waals surface area contributed by atoms with E-state index in [-0.39, 0.29) is 20.7 Å². The lowest BCUT2D eigenvalue weighted by molar-refractivity contribution is -0.119. The van der Waals surface area contributed by atoms with Crippen molar-refractivity contribution in [3.05, 3.63) is 63.1 Å². The van der Waals surface area contributed by atoms with E-state index in [1.807, 2.05) is 0 Å². The van der Waals surface area contributed by atoms with Crippen LogP contribution in [0.4, 0.5) is 14.5 Å². The molecule has 2 rings (SSSR count). The molecule has 120 valence electrons. The number of carbonyl (C=O) groups excluding carboxylic acids is 2. The average Bonchev–Trinajstić information content (AvgIpc) is 2.48. The summed E-state index contributed by atoms with van der Waals surface area (Å²) in [5.74, 6) is -2.54.